The zero-order valence-corrected chi connectivity index (χ0v) is 24.1. The van der Waals surface area contributed by atoms with Crippen LogP contribution in [0.5, 0.6) is 0 Å². The minimum atomic E-state index is -0.795. The summed E-state index contributed by atoms with van der Waals surface area (Å²) in [5.74, 6) is -1.34. The molecule has 0 aromatic heterocycles. The van der Waals surface area contributed by atoms with Crippen LogP contribution in [-0.4, -0.2) is 73.9 Å². The first-order valence-electron chi connectivity index (χ1n) is 12.1. The van der Waals surface area contributed by atoms with E-state index in [1.807, 2.05) is 30.3 Å². The molecule has 2 fully saturated rings. The maximum absolute atomic E-state index is 13.3. The molecular weight excluding hydrogens is 599 g/mol. The fourth-order valence-corrected chi connectivity index (χ4v) is 5.10. The highest BCUT2D eigenvalue weighted by Gasteiger charge is 2.48. The van der Waals surface area contributed by atoms with Gasteiger partial charge in [-0.1, -0.05) is 30.3 Å². The third-order valence-electron chi connectivity index (χ3n) is 6.22. The van der Waals surface area contributed by atoms with Crippen LogP contribution in [0.1, 0.15) is 38.2 Å². The molecule has 36 heavy (non-hydrogen) atoms. The van der Waals surface area contributed by atoms with Crippen LogP contribution in [0.4, 0.5) is 4.79 Å². The fourth-order valence-electron chi connectivity index (χ4n) is 4.40. The molecular formula is C25H37IN2O7S. The Bertz CT molecular complexity index is 852. The molecule has 0 radical (unpaired) electrons. The summed E-state index contributed by atoms with van der Waals surface area (Å²) in [6.07, 6.45) is 5.38. The lowest BCUT2D eigenvalue weighted by Crippen LogP contribution is -3.00. The third kappa shape index (κ3) is 9.07. The van der Waals surface area contributed by atoms with Crippen LogP contribution in [0.15, 0.2) is 30.3 Å². The Balaban J connectivity index is 0.00000456. The van der Waals surface area contributed by atoms with Crippen LogP contribution in [0.25, 0.3) is 0 Å². The summed E-state index contributed by atoms with van der Waals surface area (Å²) >= 11 is 0. The van der Waals surface area contributed by atoms with E-state index in [-0.39, 0.29) is 60.0 Å². The van der Waals surface area contributed by atoms with Crippen molar-refractivity contribution in [1.29, 1.82) is 0 Å². The van der Waals surface area contributed by atoms with E-state index >= 15 is 0 Å². The lowest BCUT2D eigenvalue weighted by molar-refractivity contribution is -0.199. The molecule has 3 rings (SSSR count). The maximum atomic E-state index is 13.3. The highest BCUT2D eigenvalue weighted by atomic mass is 127. The first kappa shape index (κ1) is 30.7. The fraction of sp³-hybridized carbons (Fsp3) is 0.640. The number of rotatable bonds is 10. The van der Waals surface area contributed by atoms with E-state index in [0.29, 0.717) is 38.9 Å². The lowest BCUT2D eigenvalue weighted by Gasteiger charge is -2.40. The predicted octanol–water partition coefficient (Wildman–Crippen LogP) is -0.855. The van der Waals surface area contributed by atoms with Gasteiger partial charge in [-0.2, -0.15) is 0 Å². The van der Waals surface area contributed by atoms with Crippen molar-refractivity contribution in [2.24, 2.45) is 5.92 Å². The minimum Gasteiger partial charge on any atom is -1.00 e. The monoisotopic (exact) mass is 636 g/mol. The number of carbonyl (C=O) groups is 3. The van der Waals surface area contributed by atoms with Crippen molar-refractivity contribution in [2.45, 2.75) is 57.1 Å². The zero-order valence-electron chi connectivity index (χ0n) is 21.1. The first-order chi connectivity index (χ1) is 16.8. The minimum absolute atomic E-state index is 0. The van der Waals surface area contributed by atoms with Crippen LogP contribution in [0, 0.1) is 5.92 Å². The van der Waals surface area contributed by atoms with Crippen molar-refractivity contribution < 1.29 is 57.3 Å². The van der Waals surface area contributed by atoms with Gasteiger partial charge < -0.3 is 53.6 Å². The standard InChI is InChI=1S/C25H36N2O7S.HI/c1-4-31-23(29)19-16-25(33-13-14-34-25)12-10-20(19)26-22(28)21(11-15-35(2)3)27-24(30)32-17-18-8-6-5-7-9-18;/h5-9,19-21H,4,10-17H2,1-3H3,(H-,26,27,28,30);1H/t19-,20-,21-;/m0./s1. The van der Waals surface area contributed by atoms with Crippen molar-refractivity contribution >= 4 is 28.9 Å². The molecule has 1 aliphatic heterocycles. The molecule has 1 heterocycles. The number of nitrogens with one attached hydrogen (secondary N) is 2. The quantitative estimate of drug-likeness (QED) is 0.196. The molecule has 1 aromatic rings. The van der Waals surface area contributed by atoms with Crippen molar-refractivity contribution in [3.05, 3.63) is 35.9 Å². The first-order valence-corrected chi connectivity index (χ1v) is 14.3. The second kappa shape index (κ2) is 15.0. The van der Waals surface area contributed by atoms with Gasteiger partial charge in [0.05, 0.1) is 38.3 Å². The van der Waals surface area contributed by atoms with Gasteiger partial charge >= 0.3 is 12.1 Å². The molecule has 1 aromatic carbocycles. The van der Waals surface area contributed by atoms with E-state index in [0.717, 1.165) is 11.3 Å². The average Bonchev–Trinajstić information content (AvgIpc) is 3.30. The Morgan fingerprint density at radius 1 is 1.14 bits per heavy atom. The number of carbonyl (C=O) groups excluding carboxylic acids is 3. The van der Waals surface area contributed by atoms with Crippen LogP contribution >= 0.6 is 0 Å². The summed E-state index contributed by atoms with van der Waals surface area (Å²) in [4.78, 5) is 38.5. The van der Waals surface area contributed by atoms with E-state index < -0.39 is 29.9 Å². The Kier molecular flexibility index (Phi) is 12.8. The SMILES string of the molecule is CCOC(=O)[C@H]1CC2(CC[C@@H]1NC(=O)[C@H](CC[S+](C)C)NC(=O)OCc1ccccc1)OCCO2.[I-]. The second-order valence-corrected chi connectivity index (χ2v) is 11.4. The van der Waals surface area contributed by atoms with Gasteiger partial charge in [-0.15, -0.1) is 0 Å². The largest absolute Gasteiger partial charge is 1.00 e. The Hall–Kier alpha value is -1.57. The molecule has 1 saturated heterocycles. The summed E-state index contributed by atoms with van der Waals surface area (Å²) in [6.45, 7) is 3.08. The highest BCUT2D eigenvalue weighted by Crippen LogP contribution is 2.39. The van der Waals surface area contributed by atoms with Crippen LogP contribution in [-0.2, 0) is 46.0 Å². The van der Waals surface area contributed by atoms with Gasteiger partial charge in [-0.25, -0.2) is 4.79 Å². The second-order valence-electron chi connectivity index (χ2n) is 9.06. The van der Waals surface area contributed by atoms with Gasteiger partial charge in [0.2, 0.25) is 5.91 Å². The van der Waals surface area contributed by atoms with Crippen molar-refractivity contribution in [3.8, 4) is 0 Å². The highest BCUT2D eigenvalue weighted by molar-refractivity contribution is 7.95. The van der Waals surface area contributed by atoms with Crippen LogP contribution < -0.4 is 34.6 Å². The van der Waals surface area contributed by atoms with Gasteiger partial charge in [0.15, 0.2) is 5.79 Å². The Labute approximate surface area is 233 Å². The van der Waals surface area contributed by atoms with E-state index in [4.69, 9.17) is 18.9 Å². The molecule has 2 N–H and O–H groups in total. The summed E-state index contributed by atoms with van der Waals surface area (Å²) in [5, 5.41) is 5.72. The van der Waals surface area contributed by atoms with Crippen molar-refractivity contribution in [3.63, 3.8) is 0 Å². The molecule has 2 aliphatic rings. The molecule has 9 nitrogen and oxygen atoms in total. The molecule has 2 amide bonds. The molecule has 1 aliphatic carbocycles. The van der Waals surface area contributed by atoms with E-state index in [2.05, 4.69) is 23.1 Å². The smallest absolute Gasteiger partial charge is 0.408 e. The number of alkyl carbamates (subject to hydrolysis) is 1. The normalized spacial score (nSPS) is 21.3. The number of halogens is 1. The molecule has 202 valence electrons. The number of ether oxygens (including phenoxy) is 4. The predicted molar refractivity (Wildman–Crippen MR) is 133 cm³/mol. The lowest BCUT2D eigenvalue weighted by atomic mass is 9.80. The zero-order chi connectivity index (χ0) is 25.3. The number of esters is 1. The van der Waals surface area contributed by atoms with Gasteiger partial charge in [-0.05, 0) is 29.8 Å². The molecule has 0 bridgehead atoms. The van der Waals surface area contributed by atoms with Gasteiger partial charge in [0.25, 0.3) is 0 Å². The summed E-state index contributed by atoms with van der Waals surface area (Å²) in [5.41, 5.74) is 0.858. The number of hydrogen-bond donors (Lipinski definition) is 2. The Morgan fingerprint density at radius 2 is 1.83 bits per heavy atom. The average molecular weight is 637 g/mol. The maximum Gasteiger partial charge on any atom is 0.408 e. The van der Waals surface area contributed by atoms with E-state index in [1.54, 1.807) is 6.92 Å². The van der Waals surface area contributed by atoms with Crippen LogP contribution in [0.3, 0.4) is 0 Å². The van der Waals surface area contributed by atoms with Gasteiger partial charge in [-0.3, -0.25) is 9.59 Å². The van der Waals surface area contributed by atoms with Crippen LogP contribution in [0.2, 0.25) is 0 Å². The molecule has 1 spiro atoms. The molecule has 3 atom stereocenters. The van der Waals surface area contributed by atoms with Crippen molar-refractivity contribution in [1.82, 2.24) is 10.6 Å². The topological polar surface area (TPSA) is 112 Å². The summed E-state index contributed by atoms with van der Waals surface area (Å²) in [7, 11) is 0.0901. The summed E-state index contributed by atoms with van der Waals surface area (Å²) in [6, 6.07) is 8.13. The number of amides is 2. The summed E-state index contributed by atoms with van der Waals surface area (Å²) < 4.78 is 22.2. The molecule has 1 saturated carbocycles. The van der Waals surface area contributed by atoms with E-state index in [1.165, 1.54) is 0 Å². The number of hydrogen-bond acceptors (Lipinski definition) is 7. The molecule has 0 unspecified atom stereocenters. The van der Waals surface area contributed by atoms with Gasteiger partial charge in [0.1, 0.15) is 18.4 Å². The molecule has 11 heteroatoms. The third-order valence-corrected chi connectivity index (χ3v) is 7.27. The van der Waals surface area contributed by atoms with E-state index in [9.17, 15) is 14.4 Å². The van der Waals surface area contributed by atoms with Gasteiger partial charge in [0, 0.05) is 25.3 Å². The Morgan fingerprint density at radius 3 is 2.47 bits per heavy atom. The number of benzene rings is 1. The van der Waals surface area contributed by atoms with Crippen molar-refractivity contribution in [2.75, 3.05) is 38.1 Å².